The second-order valence-electron chi connectivity index (χ2n) is 5.38. The van der Waals surface area contributed by atoms with E-state index in [4.69, 9.17) is 5.73 Å². The van der Waals surface area contributed by atoms with E-state index in [9.17, 15) is 8.78 Å². The molecule has 0 spiro atoms. The summed E-state index contributed by atoms with van der Waals surface area (Å²) < 4.78 is 26.0. The highest BCUT2D eigenvalue weighted by Crippen LogP contribution is 2.21. The van der Waals surface area contributed by atoms with E-state index in [1.807, 2.05) is 12.1 Å². The van der Waals surface area contributed by atoms with E-state index >= 15 is 0 Å². The Morgan fingerprint density at radius 3 is 2.05 bits per heavy atom. The molecule has 3 heteroatoms. The predicted molar refractivity (Wildman–Crippen MR) is 77.5 cm³/mol. The van der Waals surface area contributed by atoms with Crippen LogP contribution in [0.4, 0.5) is 8.78 Å². The van der Waals surface area contributed by atoms with Crippen molar-refractivity contribution in [2.24, 2.45) is 5.73 Å². The highest BCUT2D eigenvalue weighted by atomic mass is 19.2. The molecule has 2 aromatic rings. The second-order valence-corrected chi connectivity index (χ2v) is 5.38. The van der Waals surface area contributed by atoms with E-state index in [1.165, 1.54) is 11.6 Å². The Kier molecular flexibility index (Phi) is 4.50. The highest BCUT2D eigenvalue weighted by Gasteiger charge is 2.10. The van der Waals surface area contributed by atoms with Gasteiger partial charge in [-0.15, -0.1) is 0 Å². The van der Waals surface area contributed by atoms with Crippen molar-refractivity contribution in [3.05, 3.63) is 70.8 Å². The van der Waals surface area contributed by atoms with Gasteiger partial charge in [0.2, 0.25) is 0 Å². The first kappa shape index (κ1) is 14.7. The molecule has 0 saturated carbocycles. The molecule has 1 unspecified atom stereocenters. The van der Waals surface area contributed by atoms with Gasteiger partial charge in [0, 0.05) is 6.04 Å². The number of benzene rings is 2. The molecule has 0 saturated heterocycles. The molecule has 0 aliphatic rings. The van der Waals surface area contributed by atoms with E-state index < -0.39 is 11.6 Å². The Morgan fingerprint density at radius 2 is 1.50 bits per heavy atom. The Morgan fingerprint density at radius 1 is 0.900 bits per heavy atom. The molecule has 0 radical (unpaired) electrons. The van der Waals surface area contributed by atoms with Crippen LogP contribution in [0.15, 0.2) is 42.5 Å². The summed E-state index contributed by atoms with van der Waals surface area (Å²) in [6, 6.07) is 11.8. The Balaban J connectivity index is 2.10. The topological polar surface area (TPSA) is 26.0 Å². The Labute approximate surface area is 118 Å². The van der Waals surface area contributed by atoms with Crippen LogP contribution in [0.3, 0.4) is 0 Å². The smallest absolute Gasteiger partial charge is 0.159 e. The zero-order valence-electron chi connectivity index (χ0n) is 11.7. The number of hydrogen-bond acceptors (Lipinski definition) is 1. The first-order chi connectivity index (χ1) is 9.47. The molecule has 0 aliphatic heterocycles. The van der Waals surface area contributed by atoms with Gasteiger partial charge in [0.1, 0.15) is 0 Å². The highest BCUT2D eigenvalue weighted by molar-refractivity contribution is 5.28. The van der Waals surface area contributed by atoms with Gasteiger partial charge in [-0.3, -0.25) is 0 Å². The fourth-order valence-electron chi connectivity index (χ4n) is 2.17. The third-order valence-electron chi connectivity index (χ3n) is 3.47. The summed E-state index contributed by atoms with van der Waals surface area (Å²) in [6.07, 6.45) is 0.484. The molecule has 2 N–H and O–H groups in total. The lowest BCUT2D eigenvalue weighted by Gasteiger charge is -2.14. The molecule has 2 rings (SSSR count). The lowest BCUT2D eigenvalue weighted by atomic mass is 9.96. The second kappa shape index (κ2) is 6.14. The fourth-order valence-corrected chi connectivity index (χ4v) is 2.17. The third-order valence-corrected chi connectivity index (χ3v) is 3.47. The van der Waals surface area contributed by atoms with Gasteiger partial charge in [-0.1, -0.05) is 44.2 Å². The normalized spacial score (nSPS) is 12.7. The Hall–Kier alpha value is -1.74. The molecule has 0 bridgehead atoms. The summed E-state index contributed by atoms with van der Waals surface area (Å²) in [7, 11) is 0. The standard InChI is InChI=1S/C17H19F2N/c1-11(2)13-4-6-14(7-5-13)17(20)10-12-3-8-15(18)16(19)9-12/h3-9,11,17H,10,20H2,1-2H3. The summed E-state index contributed by atoms with van der Waals surface area (Å²) in [5, 5.41) is 0. The van der Waals surface area contributed by atoms with E-state index in [2.05, 4.69) is 26.0 Å². The summed E-state index contributed by atoms with van der Waals surface area (Å²) in [6.45, 7) is 4.27. The lowest BCUT2D eigenvalue weighted by molar-refractivity contribution is 0.506. The zero-order chi connectivity index (χ0) is 14.7. The van der Waals surface area contributed by atoms with E-state index in [0.717, 1.165) is 11.6 Å². The van der Waals surface area contributed by atoms with Gasteiger partial charge in [0.25, 0.3) is 0 Å². The maximum atomic E-state index is 13.2. The largest absolute Gasteiger partial charge is 0.324 e. The van der Waals surface area contributed by atoms with Gasteiger partial charge in [-0.05, 0) is 41.2 Å². The first-order valence-electron chi connectivity index (χ1n) is 6.76. The molecule has 0 aromatic heterocycles. The molecule has 20 heavy (non-hydrogen) atoms. The molecule has 1 atom stereocenters. The predicted octanol–water partition coefficient (Wildman–Crippen LogP) is 4.33. The van der Waals surface area contributed by atoms with Crippen LogP contribution < -0.4 is 5.73 Å². The van der Waals surface area contributed by atoms with Gasteiger partial charge in [0.15, 0.2) is 11.6 Å². The van der Waals surface area contributed by atoms with Gasteiger partial charge in [0.05, 0.1) is 0 Å². The number of hydrogen-bond donors (Lipinski definition) is 1. The van der Waals surface area contributed by atoms with Crippen molar-refractivity contribution in [1.82, 2.24) is 0 Å². The molecular formula is C17H19F2N. The van der Waals surface area contributed by atoms with E-state index in [1.54, 1.807) is 6.07 Å². The first-order valence-corrected chi connectivity index (χ1v) is 6.76. The van der Waals surface area contributed by atoms with Crippen molar-refractivity contribution in [3.63, 3.8) is 0 Å². The van der Waals surface area contributed by atoms with Crippen molar-refractivity contribution < 1.29 is 8.78 Å². The van der Waals surface area contributed by atoms with Crippen LogP contribution in [0.2, 0.25) is 0 Å². The average molecular weight is 275 g/mol. The van der Waals surface area contributed by atoms with Gasteiger partial charge in [-0.25, -0.2) is 8.78 Å². The zero-order valence-corrected chi connectivity index (χ0v) is 11.7. The fraction of sp³-hybridized carbons (Fsp3) is 0.294. The quantitative estimate of drug-likeness (QED) is 0.883. The van der Waals surface area contributed by atoms with Crippen molar-refractivity contribution in [3.8, 4) is 0 Å². The number of halogens is 2. The Bertz CT molecular complexity index is 576. The van der Waals surface area contributed by atoms with Gasteiger partial charge >= 0.3 is 0 Å². The van der Waals surface area contributed by atoms with E-state index in [-0.39, 0.29) is 6.04 Å². The minimum Gasteiger partial charge on any atom is -0.324 e. The van der Waals surface area contributed by atoms with Crippen LogP contribution in [0.1, 0.15) is 42.5 Å². The molecule has 0 fully saturated rings. The van der Waals surface area contributed by atoms with Crippen LogP contribution >= 0.6 is 0 Å². The monoisotopic (exact) mass is 275 g/mol. The van der Waals surface area contributed by atoms with E-state index in [0.29, 0.717) is 17.9 Å². The average Bonchev–Trinajstić information content (AvgIpc) is 2.43. The number of rotatable bonds is 4. The summed E-state index contributed by atoms with van der Waals surface area (Å²) in [4.78, 5) is 0. The molecule has 0 aliphatic carbocycles. The van der Waals surface area contributed by atoms with Crippen LogP contribution in [0, 0.1) is 11.6 Å². The van der Waals surface area contributed by atoms with Crippen molar-refractivity contribution >= 4 is 0 Å². The van der Waals surface area contributed by atoms with Crippen LogP contribution in [0.25, 0.3) is 0 Å². The number of nitrogens with two attached hydrogens (primary N) is 1. The lowest BCUT2D eigenvalue weighted by Crippen LogP contribution is -2.13. The van der Waals surface area contributed by atoms with Gasteiger partial charge in [-0.2, -0.15) is 0 Å². The molecular weight excluding hydrogens is 256 g/mol. The van der Waals surface area contributed by atoms with Crippen molar-refractivity contribution in [2.75, 3.05) is 0 Å². The minimum absolute atomic E-state index is 0.221. The minimum atomic E-state index is -0.830. The van der Waals surface area contributed by atoms with Crippen LogP contribution in [0.5, 0.6) is 0 Å². The van der Waals surface area contributed by atoms with Crippen LogP contribution in [-0.2, 0) is 6.42 Å². The SMILES string of the molecule is CC(C)c1ccc(C(N)Cc2ccc(F)c(F)c2)cc1. The molecule has 2 aromatic carbocycles. The maximum Gasteiger partial charge on any atom is 0.159 e. The van der Waals surface area contributed by atoms with Gasteiger partial charge < -0.3 is 5.73 Å². The summed E-state index contributed by atoms with van der Waals surface area (Å²) in [5.74, 6) is -1.18. The molecule has 0 heterocycles. The molecule has 106 valence electrons. The molecule has 0 amide bonds. The summed E-state index contributed by atoms with van der Waals surface area (Å²) in [5.41, 5.74) is 9.08. The third kappa shape index (κ3) is 3.42. The molecule has 1 nitrogen and oxygen atoms in total. The summed E-state index contributed by atoms with van der Waals surface area (Å²) >= 11 is 0. The van der Waals surface area contributed by atoms with Crippen LogP contribution in [-0.4, -0.2) is 0 Å². The van der Waals surface area contributed by atoms with Crippen molar-refractivity contribution in [2.45, 2.75) is 32.2 Å². The maximum absolute atomic E-state index is 13.2. The van der Waals surface area contributed by atoms with Crippen molar-refractivity contribution in [1.29, 1.82) is 0 Å².